The van der Waals surface area contributed by atoms with Crippen molar-refractivity contribution in [2.24, 2.45) is 4.99 Å². The van der Waals surface area contributed by atoms with E-state index >= 15 is 0 Å². The van der Waals surface area contributed by atoms with Crippen LogP contribution in [0.5, 0.6) is 0 Å². The van der Waals surface area contributed by atoms with Gasteiger partial charge in [0.25, 0.3) is 0 Å². The molecule has 7 heteroatoms. The minimum Gasteiger partial charge on any atom is -0.282 e. The summed E-state index contributed by atoms with van der Waals surface area (Å²) in [4.78, 5) is 12.7. The zero-order chi connectivity index (χ0) is 10.8. The fraction of sp³-hybridized carbons (Fsp3) is 0. The molecule has 0 saturated carbocycles. The number of aliphatic imine (C=N–C) groups is 1. The van der Waals surface area contributed by atoms with E-state index in [1.165, 1.54) is 0 Å². The molecular weight excluding hydrogens is 273 g/mol. The van der Waals surface area contributed by atoms with Gasteiger partial charge in [0, 0.05) is 24.2 Å². The number of pyridine rings is 2. The first-order valence-corrected chi connectivity index (χ1v) is 4.89. The first kappa shape index (κ1) is 14.2. The molecule has 0 saturated heterocycles. The summed E-state index contributed by atoms with van der Waals surface area (Å²) in [5, 5.41) is 0. The van der Waals surface area contributed by atoms with Crippen molar-refractivity contribution in [1.29, 1.82) is 0 Å². The Bertz CT molecular complexity index is 544. The largest absolute Gasteiger partial charge is 0.282 e. The topological polar surface area (TPSA) is 62.2 Å². The molecular formula is C11H11Cl2N5. The van der Waals surface area contributed by atoms with Gasteiger partial charge in [-0.1, -0.05) is 0 Å². The SMILES string of the molecule is Cl.Cl.c1cncc(C2=Nc3cccnc3NN2)c1. The molecule has 1 aliphatic heterocycles. The molecule has 5 nitrogen and oxygen atoms in total. The maximum Gasteiger partial charge on any atom is 0.170 e. The van der Waals surface area contributed by atoms with E-state index < -0.39 is 0 Å². The van der Waals surface area contributed by atoms with E-state index in [0.717, 1.165) is 22.9 Å². The zero-order valence-corrected chi connectivity index (χ0v) is 10.8. The van der Waals surface area contributed by atoms with Crippen molar-refractivity contribution < 1.29 is 0 Å². The van der Waals surface area contributed by atoms with Crippen LogP contribution in [0.1, 0.15) is 5.56 Å². The summed E-state index contributed by atoms with van der Waals surface area (Å²) < 4.78 is 0. The second-order valence-electron chi connectivity index (χ2n) is 3.32. The predicted molar refractivity (Wildman–Crippen MR) is 75.9 cm³/mol. The number of anilines is 1. The van der Waals surface area contributed by atoms with Crippen molar-refractivity contribution in [3.63, 3.8) is 0 Å². The molecule has 0 spiro atoms. The van der Waals surface area contributed by atoms with Gasteiger partial charge in [0.1, 0.15) is 5.69 Å². The highest BCUT2D eigenvalue weighted by Gasteiger charge is 2.12. The lowest BCUT2D eigenvalue weighted by molar-refractivity contribution is 1.04. The van der Waals surface area contributed by atoms with Crippen LogP contribution in [0.2, 0.25) is 0 Å². The third-order valence-corrected chi connectivity index (χ3v) is 2.25. The van der Waals surface area contributed by atoms with Crippen molar-refractivity contribution in [3.8, 4) is 0 Å². The smallest absolute Gasteiger partial charge is 0.170 e. The fourth-order valence-corrected chi connectivity index (χ4v) is 1.49. The Kier molecular flexibility index (Phi) is 4.88. The van der Waals surface area contributed by atoms with Gasteiger partial charge in [-0.2, -0.15) is 0 Å². The molecule has 0 amide bonds. The molecule has 2 aromatic heterocycles. The summed E-state index contributed by atoms with van der Waals surface area (Å²) in [5.74, 6) is 1.48. The number of hydrazine groups is 1. The van der Waals surface area contributed by atoms with Crippen molar-refractivity contribution in [3.05, 3.63) is 48.4 Å². The van der Waals surface area contributed by atoms with Crippen molar-refractivity contribution in [2.45, 2.75) is 0 Å². The number of nitrogens with one attached hydrogen (secondary N) is 2. The lowest BCUT2D eigenvalue weighted by atomic mass is 10.2. The van der Waals surface area contributed by atoms with Crippen LogP contribution in [-0.2, 0) is 0 Å². The van der Waals surface area contributed by atoms with Gasteiger partial charge < -0.3 is 0 Å². The molecule has 0 bridgehead atoms. The second kappa shape index (κ2) is 6.18. The number of nitrogens with zero attached hydrogens (tertiary/aromatic N) is 3. The Morgan fingerprint density at radius 1 is 0.944 bits per heavy atom. The number of hydrogen-bond acceptors (Lipinski definition) is 5. The minimum atomic E-state index is 0. The van der Waals surface area contributed by atoms with Crippen molar-refractivity contribution in [1.82, 2.24) is 15.4 Å². The average Bonchev–Trinajstić information content (AvgIpc) is 2.39. The molecule has 0 unspecified atom stereocenters. The van der Waals surface area contributed by atoms with Gasteiger partial charge in [0.15, 0.2) is 11.7 Å². The maximum atomic E-state index is 4.46. The van der Waals surface area contributed by atoms with Gasteiger partial charge in [-0.25, -0.2) is 9.98 Å². The van der Waals surface area contributed by atoms with Crippen LogP contribution in [0.15, 0.2) is 47.8 Å². The number of amidine groups is 1. The summed E-state index contributed by atoms with van der Waals surface area (Å²) in [7, 11) is 0. The highest BCUT2D eigenvalue weighted by atomic mass is 35.5. The first-order valence-electron chi connectivity index (χ1n) is 4.89. The lowest BCUT2D eigenvalue weighted by Gasteiger charge is -2.17. The van der Waals surface area contributed by atoms with Crippen LogP contribution in [0.4, 0.5) is 11.5 Å². The number of rotatable bonds is 1. The number of fused-ring (bicyclic) bond motifs is 1. The molecule has 0 fully saturated rings. The molecule has 0 radical (unpaired) electrons. The second-order valence-corrected chi connectivity index (χ2v) is 3.32. The molecule has 94 valence electrons. The van der Waals surface area contributed by atoms with Crippen LogP contribution < -0.4 is 10.9 Å². The number of hydrogen-bond donors (Lipinski definition) is 2. The monoisotopic (exact) mass is 283 g/mol. The normalized spacial score (nSPS) is 11.7. The Hall–Kier alpha value is -1.85. The standard InChI is InChI=1S/C11H9N5.2ClH/c1-3-8(7-12-5-1)10-14-9-4-2-6-13-11(9)16-15-10;;/h1-7H,(H,13,16)(H,14,15);2*1H. The molecule has 3 heterocycles. The quantitative estimate of drug-likeness (QED) is 0.843. The van der Waals surface area contributed by atoms with E-state index in [0.29, 0.717) is 0 Å². The lowest BCUT2D eigenvalue weighted by Crippen LogP contribution is -2.33. The molecule has 18 heavy (non-hydrogen) atoms. The third-order valence-electron chi connectivity index (χ3n) is 2.25. The van der Waals surface area contributed by atoms with E-state index in [1.54, 1.807) is 18.6 Å². The maximum absolute atomic E-state index is 4.46. The molecule has 0 aromatic carbocycles. The Morgan fingerprint density at radius 3 is 2.56 bits per heavy atom. The first-order chi connectivity index (χ1) is 7.93. The van der Waals surface area contributed by atoms with Crippen LogP contribution in [-0.4, -0.2) is 15.8 Å². The third kappa shape index (κ3) is 2.69. The fourth-order valence-electron chi connectivity index (χ4n) is 1.49. The van der Waals surface area contributed by atoms with Crippen LogP contribution in [0.3, 0.4) is 0 Å². The molecule has 1 aliphatic rings. The number of aromatic nitrogens is 2. The highest BCUT2D eigenvalue weighted by Crippen LogP contribution is 2.24. The summed E-state index contributed by atoms with van der Waals surface area (Å²) in [5.41, 5.74) is 7.73. The summed E-state index contributed by atoms with van der Waals surface area (Å²) >= 11 is 0. The van der Waals surface area contributed by atoms with Crippen molar-refractivity contribution >= 4 is 42.2 Å². The van der Waals surface area contributed by atoms with Gasteiger partial charge in [0.2, 0.25) is 0 Å². The van der Waals surface area contributed by atoms with E-state index in [2.05, 4.69) is 25.8 Å². The molecule has 0 atom stereocenters. The van der Waals surface area contributed by atoms with E-state index in [1.807, 2.05) is 24.3 Å². The van der Waals surface area contributed by atoms with Crippen LogP contribution >= 0.6 is 24.8 Å². The highest BCUT2D eigenvalue weighted by molar-refractivity contribution is 6.02. The summed E-state index contributed by atoms with van der Waals surface area (Å²) in [6.07, 6.45) is 5.21. The zero-order valence-electron chi connectivity index (χ0n) is 9.20. The van der Waals surface area contributed by atoms with Crippen LogP contribution in [0, 0.1) is 0 Å². The Morgan fingerprint density at radius 2 is 1.78 bits per heavy atom. The van der Waals surface area contributed by atoms with E-state index in [9.17, 15) is 0 Å². The minimum absolute atomic E-state index is 0. The Balaban J connectivity index is 0.000000810. The summed E-state index contributed by atoms with van der Waals surface area (Å²) in [6, 6.07) is 7.59. The predicted octanol–water partition coefficient (Wildman–Crippen LogP) is 2.33. The molecule has 2 aromatic rings. The van der Waals surface area contributed by atoms with Gasteiger partial charge in [-0.15, -0.1) is 24.8 Å². The molecule has 0 aliphatic carbocycles. The van der Waals surface area contributed by atoms with Gasteiger partial charge in [-0.3, -0.25) is 15.8 Å². The van der Waals surface area contributed by atoms with Gasteiger partial charge in [0.05, 0.1) is 0 Å². The van der Waals surface area contributed by atoms with E-state index in [4.69, 9.17) is 0 Å². The van der Waals surface area contributed by atoms with Gasteiger partial charge >= 0.3 is 0 Å². The molecule has 2 N–H and O–H groups in total. The number of halogens is 2. The van der Waals surface area contributed by atoms with Crippen molar-refractivity contribution in [2.75, 3.05) is 5.43 Å². The average molecular weight is 284 g/mol. The van der Waals surface area contributed by atoms with Crippen LogP contribution in [0.25, 0.3) is 0 Å². The summed E-state index contributed by atoms with van der Waals surface area (Å²) in [6.45, 7) is 0. The van der Waals surface area contributed by atoms with E-state index in [-0.39, 0.29) is 24.8 Å². The Labute approximate surface area is 117 Å². The molecule has 3 rings (SSSR count). The van der Waals surface area contributed by atoms with Gasteiger partial charge in [-0.05, 0) is 24.3 Å².